The molecule has 1 aliphatic rings. The van der Waals surface area contributed by atoms with E-state index < -0.39 is 0 Å². The van der Waals surface area contributed by atoms with Crippen LogP contribution >= 0.6 is 0 Å². The number of amides is 1. The van der Waals surface area contributed by atoms with E-state index in [9.17, 15) is 4.79 Å². The van der Waals surface area contributed by atoms with E-state index in [1.165, 1.54) is 0 Å². The fraction of sp³-hybridized carbons (Fsp3) is 0.583. The Bertz CT molecular complexity index is 329. The molecule has 1 aromatic heterocycles. The Morgan fingerprint density at radius 1 is 1.56 bits per heavy atom. The van der Waals surface area contributed by atoms with Gasteiger partial charge < -0.3 is 15.1 Å². The number of piperidine rings is 1. The quantitative estimate of drug-likeness (QED) is 0.814. The van der Waals surface area contributed by atoms with Crippen LogP contribution in [-0.2, 0) is 4.79 Å². The van der Waals surface area contributed by atoms with E-state index in [1.54, 1.807) is 6.26 Å². The molecule has 1 aliphatic heterocycles. The summed E-state index contributed by atoms with van der Waals surface area (Å²) in [4.78, 5) is 11.9. The summed E-state index contributed by atoms with van der Waals surface area (Å²) < 4.78 is 5.26. The fourth-order valence-electron chi connectivity index (χ4n) is 2.02. The third kappa shape index (κ3) is 2.64. The van der Waals surface area contributed by atoms with E-state index in [0.717, 1.165) is 31.7 Å². The van der Waals surface area contributed by atoms with E-state index >= 15 is 0 Å². The maximum atomic E-state index is 11.9. The summed E-state index contributed by atoms with van der Waals surface area (Å²) in [6.45, 7) is 3.82. The largest absolute Gasteiger partial charge is 0.467 e. The number of rotatable bonds is 3. The van der Waals surface area contributed by atoms with Gasteiger partial charge in [-0.15, -0.1) is 0 Å². The van der Waals surface area contributed by atoms with Crippen molar-refractivity contribution in [1.29, 1.82) is 0 Å². The standard InChI is InChI=1S/C12H18N2O2/c1-9(11-3-2-8-16-11)14-12(15)10-4-6-13-7-5-10/h2-3,8-10,13H,4-7H2,1H3,(H,14,15)/t9-/m0/s1. The number of hydrogen-bond donors (Lipinski definition) is 2. The van der Waals surface area contributed by atoms with Gasteiger partial charge in [-0.3, -0.25) is 4.79 Å². The zero-order chi connectivity index (χ0) is 11.4. The summed E-state index contributed by atoms with van der Waals surface area (Å²) in [5.41, 5.74) is 0. The third-order valence-corrected chi connectivity index (χ3v) is 3.04. The normalized spacial score (nSPS) is 19.3. The van der Waals surface area contributed by atoms with Crippen molar-refractivity contribution in [2.75, 3.05) is 13.1 Å². The molecule has 0 aliphatic carbocycles. The van der Waals surface area contributed by atoms with Crippen molar-refractivity contribution >= 4 is 5.91 Å². The van der Waals surface area contributed by atoms with Crippen LogP contribution in [0.4, 0.5) is 0 Å². The average Bonchev–Trinajstić information content (AvgIpc) is 2.83. The van der Waals surface area contributed by atoms with Gasteiger partial charge in [0.2, 0.25) is 5.91 Å². The molecule has 1 fully saturated rings. The zero-order valence-corrected chi connectivity index (χ0v) is 9.53. The predicted molar refractivity (Wildman–Crippen MR) is 60.9 cm³/mol. The highest BCUT2D eigenvalue weighted by Gasteiger charge is 2.22. The summed E-state index contributed by atoms with van der Waals surface area (Å²) in [5.74, 6) is 1.10. The first-order valence-corrected chi connectivity index (χ1v) is 5.82. The zero-order valence-electron chi connectivity index (χ0n) is 9.53. The Kier molecular flexibility index (Phi) is 3.62. The van der Waals surface area contributed by atoms with E-state index in [2.05, 4.69) is 10.6 Å². The molecule has 88 valence electrons. The van der Waals surface area contributed by atoms with Crippen molar-refractivity contribution in [2.24, 2.45) is 5.92 Å². The van der Waals surface area contributed by atoms with E-state index in [4.69, 9.17) is 4.42 Å². The Morgan fingerprint density at radius 2 is 2.31 bits per heavy atom. The summed E-state index contributed by atoms with van der Waals surface area (Å²) >= 11 is 0. The molecule has 1 amide bonds. The summed E-state index contributed by atoms with van der Waals surface area (Å²) in [5, 5.41) is 6.24. The number of carbonyl (C=O) groups excluding carboxylic acids is 1. The van der Waals surface area contributed by atoms with Crippen molar-refractivity contribution in [2.45, 2.75) is 25.8 Å². The highest BCUT2D eigenvalue weighted by Crippen LogP contribution is 2.16. The Hall–Kier alpha value is -1.29. The van der Waals surface area contributed by atoms with Gasteiger partial charge in [0, 0.05) is 5.92 Å². The molecule has 4 nitrogen and oxygen atoms in total. The highest BCUT2D eigenvalue weighted by atomic mass is 16.3. The fourth-order valence-corrected chi connectivity index (χ4v) is 2.02. The van der Waals surface area contributed by atoms with Crippen LogP contribution in [0.2, 0.25) is 0 Å². The SMILES string of the molecule is C[C@H](NC(=O)C1CCNCC1)c1ccco1. The van der Waals surface area contributed by atoms with Gasteiger partial charge in [-0.05, 0) is 45.0 Å². The van der Waals surface area contributed by atoms with Crippen molar-refractivity contribution in [3.05, 3.63) is 24.2 Å². The molecular weight excluding hydrogens is 204 g/mol. The van der Waals surface area contributed by atoms with Crippen LogP contribution in [0.1, 0.15) is 31.6 Å². The molecule has 1 saturated heterocycles. The molecule has 0 radical (unpaired) electrons. The minimum absolute atomic E-state index is 0.0441. The minimum atomic E-state index is -0.0441. The van der Waals surface area contributed by atoms with Gasteiger partial charge in [0.05, 0.1) is 12.3 Å². The highest BCUT2D eigenvalue weighted by molar-refractivity contribution is 5.79. The monoisotopic (exact) mass is 222 g/mol. The van der Waals surface area contributed by atoms with Crippen LogP contribution in [0.25, 0.3) is 0 Å². The van der Waals surface area contributed by atoms with Gasteiger partial charge >= 0.3 is 0 Å². The molecule has 4 heteroatoms. The minimum Gasteiger partial charge on any atom is -0.467 e. The molecule has 0 unspecified atom stereocenters. The van der Waals surface area contributed by atoms with E-state index in [0.29, 0.717) is 0 Å². The summed E-state index contributed by atoms with van der Waals surface area (Å²) in [7, 11) is 0. The molecule has 2 rings (SSSR count). The van der Waals surface area contributed by atoms with Crippen LogP contribution in [0, 0.1) is 5.92 Å². The molecule has 0 spiro atoms. The Labute approximate surface area is 95.4 Å². The van der Waals surface area contributed by atoms with Crippen molar-refractivity contribution in [3.63, 3.8) is 0 Å². The number of hydrogen-bond acceptors (Lipinski definition) is 3. The van der Waals surface area contributed by atoms with Crippen LogP contribution in [0.5, 0.6) is 0 Å². The molecule has 0 saturated carbocycles. The Morgan fingerprint density at radius 3 is 2.94 bits per heavy atom. The van der Waals surface area contributed by atoms with Crippen LogP contribution < -0.4 is 10.6 Å². The van der Waals surface area contributed by atoms with E-state index in [-0.39, 0.29) is 17.9 Å². The molecule has 16 heavy (non-hydrogen) atoms. The van der Waals surface area contributed by atoms with Crippen LogP contribution in [-0.4, -0.2) is 19.0 Å². The Balaban J connectivity index is 1.86. The lowest BCUT2D eigenvalue weighted by molar-refractivity contribution is -0.126. The molecule has 1 atom stereocenters. The smallest absolute Gasteiger partial charge is 0.223 e. The lowest BCUT2D eigenvalue weighted by atomic mass is 9.97. The van der Waals surface area contributed by atoms with Crippen LogP contribution in [0.15, 0.2) is 22.8 Å². The van der Waals surface area contributed by atoms with Crippen molar-refractivity contribution in [1.82, 2.24) is 10.6 Å². The van der Waals surface area contributed by atoms with Gasteiger partial charge in [-0.2, -0.15) is 0 Å². The number of furan rings is 1. The van der Waals surface area contributed by atoms with Gasteiger partial charge in [0.1, 0.15) is 5.76 Å². The molecule has 2 N–H and O–H groups in total. The molecule has 0 aromatic carbocycles. The maximum Gasteiger partial charge on any atom is 0.223 e. The maximum absolute atomic E-state index is 11.9. The first-order valence-electron chi connectivity index (χ1n) is 5.82. The lowest BCUT2D eigenvalue weighted by Gasteiger charge is -2.23. The predicted octanol–water partition coefficient (Wildman–Crippen LogP) is 1.46. The lowest BCUT2D eigenvalue weighted by Crippen LogP contribution is -2.39. The molecule has 0 bridgehead atoms. The second kappa shape index (κ2) is 5.16. The summed E-state index contributed by atoms with van der Waals surface area (Å²) in [6, 6.07) is 3.67. The van der Waals surface area contributed by atoms with E-state index in [1.807, 2.05) is 19.1 Å². The van der Waals surface area contributed by atoms with Crippen molar-refractivity contribution in [3.8, 4) is 0 Å². The number of carbonyl (C=O) groups is 1. The number of nitrogens with one attached hydrogen (secondary N) is 2. The first-order chi connectivity index (χ1) is 7.77. The van der Waals surface area contributed by atoms with Crippen molar-refractivity contribution < 1.29 is 9.21 Å². The van der Waals surface area contributed by atoms with Gasteiger partial charge in [0.15, 0.2) is 0 Å². The second-order valence-electron chi connectivity index (χ2n) is 4.27. The third-order valence-electron chi connectivity index (χ3n) is 3.04. The second-order valence-corrected chi connectivity index (χ2v) is 4.27. The van der Waals surface area contributed by atoms with Crippen LogP contribution in [0.3, 0.4) is 0 Å². The van der Waals surface area contributed by atoms with Gasteiger partial charge in [0.25, 0.3) is 0 Å². The summed E-state index contributed by atoms with van der Waals surface area (Å²) in [6.07, 6.45) is 3.48. The average molecular weight is 222 g/mol. The molecule has 2 heterocycles. The molecular formula is C12H18N2O2. The van der Waals surface area contributed by atoms with Gasteiger partial charge in [-0.25, -0.2) is 0 Å². The first kappa shape index (κ1) is 11.2. The van der Waals surface area contributed by atoms with Gasteiger partial charge in [-0.1, -0.05) is 0 Å². The topological polar surface area (TPSA) is 54.3 Å². The molecule has 1 aromatic rings.